The summed E-state index contributed by atoms with van der Waals surface area (Å²) < 4.78 is 11.9. The molecule has 4 heteroatoms. The van der Waals surface area contributed by atoms with E-state index in [0.717, 1.165) is 24.8 Å². The summed E-state index contributed by atoms with van der Waals surface area (Å²) in [6.45, 7) is 9.82. The number of piperidine rings is 1. The van der Waals surface area contributed by atoms with Gasteiger partial charge < -0.3 is 9.47 Å². The number of rotatable bonds is 3. The first-order valence-electron chi connectivity index (χ1n) is 9.75. The van der Waals surface area contributed by atoms with E-state index in [0.29, 0.717) is 23.3 Å². The standard InChI is InChI=1S/C21H30ClNO2/c1-15(2)19-11-21(6-8-23(9-7-21)18-12-24-13-18)14-25-20(19)16-4-3-5-17(22)10-16/h3-5,10,15,18-20H,6-9,11-14H2,1-2H3/t19-,20-/m0/s1. The highest BCUT2D eigenvalue weighted by molar-refractivity contribution is 6.30. The molecule has 0 bridgehead atoms. The van der Waals surface area contributed by atoms with E-state index in [1.165, 1.54) is 37.9 Å². The van der Waals surface area contributed by atoms with Crippen molar-refractivity contribution in [1.29, 1.82) is 0 Å². The van der Waals surface area contributed by atoms with Gasteiger partial charge in [-0.15, -0.1) is 0 Å². The van der Waals surface area contributed by atoms with E-state index in [1.807, 2.05) is 12.1 Å². The second-order valence-electron chi connectivity index (χ2n) is 8.63. The van der Waals surface area contributed by atoms with Gasteiger partial charge in [-0.3, -0.25) is 4.90 Å². The quantitative estimate of drug-likeness (QED) is 0.786. The summed E-state index contributed by atoms with van der Waals surface area (Å²) in [4.78, 5) is 2.63. The summed E-state index contributed by atoms with van der Waals surface area (Å²) in [5.41, 5.74) is 1.61. The van der Waals surface area contributed by atoms with Gasteiger partial charge in [0.25, 0.3) is 0 Å². The predicted octanol–water partition coefficient (Wildman–Crippen LogP) is 4.55. The maximum atomic E-state index is 6.52. The van der Waals surface area contributed by atoms with Crippen molar-refractivity contribution in [3.8, 4) is 0 Å². The molecule has 3 aliphatic rings. The third-order valence-corrected chi connectivity index (χ3v) is 6.89. The smallest absolute Gasteiger partial charge is 0.0856 e. The lowest BCUT2D eigenvalue weighted by Gasteiger charge is -2.51. The molecule has 0 amide bonds. The van der Waals surface area contributed by atoms with Crippen LogP contribution in [0.3, 0.4) is 0 Å². The van der Waals surface area contributed by atoms with E-state index < -0.39 is 0 Å². The normalized spacial score (nSPS) is 30.6. The molecule has 1 aromatic rings. The Hall–Kier alpha value is -0.610. The van der Waals surface area contributed by atoms with Crippen molar-refractivity contribution >= 4 is 11.6 Å². The molecule has 0 unspecified atom stereocenters. The number of halogens is 1. The van der Waals surface area contributed by atoms with Crippen molar-refractivity contribution in [2.75, 3.05) is 32.9 Å². The molecular formula is C21H30ClNO2. The van der Waals surface area contributed by atoms with Crippen LogP contribution >= 0.6 is 11.6 Å². The Morgan fingerprint density at radius 1 is 1.20 bits per heavy atom. The molecule has 3 saturated heterocycles. The summed E-state index contributed by atoms with van der Waals surface area (Å²) in [6.07, 6.45) is 3.98. The lowest BCUT2D eigenvalue weighted by molar-refractivity contribution is -0.144. The van der Waals surface area contributed by atoms with Crippen LogP contribution in [0.15, 0.2) is 24.3 Å². The van der Waals surface area contributed by atoms with Gasteiger partial charge in [-0.2, -0.15) is 0 Å². The van der Waals surface area contributed by atoms with E-state index in [9.17, 15) is 0 Å². The van der Waals surface area contributed by atoms with Crippen molar-refractivity contribution < 1.29 is 9.47 Å². The fraction of sp³-hybridized carbons (Fsp3) is 0.714. The lowest BCUT2D eigenvalue weighted by Crippen LogP contribution is -2.55. The number of nitrogens with zero attached hydrogens (tertiary/aromatic N) is 1. The molecule has 138 valence electrons. The molecule has 4 rings (SSSR count). The molecule has 0 aromatic heterocycles. The molecule has 0 N–H and O–H groups in total. The average Bonchev–Trinajstić information content (AvgIpc) is 2.55. The Labute approximate surface area is 156 Å². The third kappa shape index (κ3) is 3.62. The minimum atomic E-state index is 0.183. The zero-order valence-corrected chi connectivity index (χ0v) is 16.2. The minimum absolute atomic E-state index is 0.183. The highest BCUT2D eigenvalue weighted by Crippen LogP contribution is 2.50. The largest absolute Gasteiger partial charge is 0.378 e. The molecule has 25 heavy (non-hydrogen) atoms. The maximum Gasteiger partial charge on any atom is 0.0856 e. The Morgan fingerprint density at radius 3 is 2.56 bits per heavy atom. The molecule has 0 radical (unpaired) electrons. The first-order chi connectivity index (χ1) is 12.1. The molecule has 1 aromatic carbocycles. The Kier molecular flexibility index (Phi) is 5.11. The predicted molar refractivity (Wildman–Crippen MR) is 101 cm³/mol. The third-order valence-electron chi connectivity index (χ3n) is 6.66. The van der Waals surface area contributed by atoms with E-state index in [1.54, 1.807) is 0 Å². The van der Waals surface area contributed by atoms with Gasteiger partial charge in [0.2, 0.25) is 0 Å². The summed E-state index contributed by atoms with van der Waals surface area (Å²) in [5.74, 6) is 1.17. The maximum absolute atomic E-state index is 6.52. The highest BCUT2D eigenvalue weighted by Gasteiger charge is 2.45. The van der Waals surface area contributed by atoms with Gasteiger partial charge in [-0.1, -0.05) is 37.6 Å². The van der Waals surface area contributed by atoms with E-state index >= 15 is 0 Å². The van der Waals surface area contributed by atoms with E-state index in [4.69, 9.17) is 21.1 Å². The van der Waals surface area contributed by atoms with E-state index in [2.05, 4.69) is 30.9 Å². The fourth-order valence-electron chi connectivity index (χ4n) is 4.81. The van der Waals surface area contributed by atoms with Crippen LogP contribution in [0, 0.1) is 17.3 Å². The van der Waals surface area contributed by atoms with Crippen LogP contribution in [0.5, 0.6) is 0 Å². The van der Waals surface area contributed by atoms with Gasteiger partial charge in [0, 0.05) is 5.02 Å². The highest BCUT2D eigenvalue weighted by atomic mass is 35.5. The monoisotopic (exact) mass is 363 g/mol. The molecular weight excluding hydrogens is 334 g/mol. The first-order valence-corrected chi connectivity index (χ1v) is 10.1. The summed E-state index contributed by atoms with van der Waals surface area (Å²) in [7, 11) is 0. The van der Waals surface area contributed by atoms with Gasteiger partial charge in [0.1, 0.15) is 0 Å². The molecule has 3 nitrogen and oxygen atoms in total. The Balaban J connectivity index is 1.46. The summed E-state index contributed by atoms with van der Waals surface area (Å²) >= 11 is 6.23. The van der Waals surface area contributed by atoms with Crippen LogP contribution in [-0.4, -0.2) is 43.9 Å². The van der Waals surface area contributed by atoms with Crippen LogP contribution in [0.1, 0.15) is 44.8 Å². The molecule has 3 fully saturated rings. The van der Waals surface area contributed by atoms with Crippen LogP contribution in [0.25, 0.3) is 0 Å². The summed E-state index contributed by atoms with van der Waals surface area (Å²) in [5, 5.41) is 0.805. The molecule has 3 aliphatic heterocycles. The fourth-order valence-corrected chi connectivity index (χ4v) is 5.01. The first kappa shape index (κ1) is 17.8. The number of ether oxygens (including phenoxy) is 2. The van der Waals surface area contributed by atoms with Gasteiger partial charge >= 0.3 is 0 Å². The van der Waals surface area contributed by atoms with Crippen molar-refractivity contribution in [3.05, 3.63) is 34.9 Å². The molecule has 0 saturated carbocycles. The second-order valence-corrected chi connectivity index (χ2v) is 9.06. The van der Waals surface area contributed by atoms with Gasteiger partial charge in [-0.05, 0) is 67.3 Å². The Morgan fingerprint density at radius 2 is 1.96 bits per heavy atom. The van der Waals surface area contributed by atoms with Crippen molar-refractivity contribution in [3.63, 3.8) is 0 Å². The number of hydrogen-bond acceptors (Lipinski definition) is 3. The molecule has 0 aliphatic carbocycles. The second kappa shape index (κ2) is 7.19. The molecule has 2 atom stereocenters. The van der Waals surface area contributed by atoms with Crippen LogP contribution in [0.4, 0.5) is 0 Å². The SMILES string of the molecule is CC(C)[C@@H]1CC2(CCN(C3COC3)CC2)CO[C@H]1c1cccc(Cl)c1. The van der Waals surface area contributed by atoms with Gasteiger partial charge in [0.05, 0.1) is 32.0 Å². The molecule has 3 heterocycles. The average molecular weight is 364 g/mol. The van der Waals surface area contributed by atoms with Gasteiger partial charge in [0.15, 0.2) is 0 Å². The van der Waals surface area contributed by atoms with Crippen LogP contribution in [0.2, 0.25) is 5.02 Å². The van der Waals surface area contributed by atoms with Crippen molar-refractivity contribution in [1.82, 2.24) is 4.90 Å². The van der Waals surface area contributed by atoms with E-state index in [-0.39, 0.29) is 6.10 Å². The number of hydrogen-bond donors (Lipinski definition) is 0. The summed E-state index contributed by atoms with van der Waals surface area (Å²) in [6, 6.07) is 8.91. The number of likely N-dealkylation sites (tertiary alicyclic amines) is 1. The van der Waals surface area contributed by atoms with Crippen molar-refractivity contribution in [2.24, 2.45) is 17.3 Å². The number of benzene rings is 1. The topological polar surface area (TPSA) is 21.7 Å². The zero-order valence-electron chi connectivity index (χ0n) is 15.4. The zero-order chi connectivity index (χ0) is 17.4. The van der Waals surface area contributed by atoms with Gasteiger partial charge in [-0.25, -0.2) is 0 Å². The van der Waals surface area contributed by atoms with Crippen LogP contribution in [-0.2, 0) is 9.47 Å². The minimum Gasteiger partial charge on any atom is -0.378 e. The van der Waals surface area contributed by atoms with Crippen molar-refractivity contribution in [2.45, 2.75) is 45.3 Å². The Bertz CT molecular complexity index is 593. The lowest BCUT2D eigenvalue weighted by atomic mass is 9.66. The van der Waals surface area contributed by atoms with Crippen LogP contribution < -0.4 is 0 Å². The molecule has 1 spiro atoms.